The molecule has 3 N–H and O–H groups in total. The lowest BCUT2D eigenvalue weighted by Gasteiger charge is -2.25. The van der Waals surface area contributed by atoms with Crippen LogP contribution in [-0.2, 0) is 0 Å². The van der Waals surface area contributed by atoms with Gasteiger partial charge in [-0.05, 0) is 42.8 Å². The predicted molar refractivity (Wildman–Crippen MR) is 87.5 cm³/mol. The molecule has 0 heterocycles. The first kappa shape index (κ1) is 15.2. The summed E-state index contributed by atoms with van der Waals surface area (Å²) in [5.41, 5.74) is 8.11. The maximum atomic E-state index is 12.3. The van der Waals surface area contributed by atoms with Gasteiger partial charge >= 0.3 is 6.03 Å². The van der Waals surface area contributed by atoms with Gasteiger partial charge in [-0.2, -0.15) is 0 Å². The largest absolute Gasteiger partial charge is 0.399 e. The van der Waals surface area contributed by atoms with Crippen molar-refractivity contribution in [3.8, 4) is 0 Å². The third-order valence-electron chi connectivity index (χ3n) is 3.37. The van der Waals surface area contributed by atoms with Crippen molar-refractivity contribution >= 4 is 29.0 Å². The van der Waals surface area contributed by atoms with Gasteiger partial charge in [-0.3, -0.25) is 0 Å². The molecule has 1 atom stereocenters. The van der Waals surface area contributed by atoms with E-state index in [-0.39, 0.29) is 12.1 Å². The lowest BCUT2D eigenvalue weighted by molar-refractivity contribution is 0.208. The van der Waals surface area contributed by atoms with Crippen molar-refractivity contribution in [2.45, 2.75) is 13.0 Å². The van der Waals surface area contributed by atoms with E-state index in [1.54, 1.807) is 36.2 Å². The number of amides is 2. The van der Waals surface area contributed by atoms with E-state index >= 15 is 0 Å². The molecule has 0 saturated carbocycles. The number of hydrogen-bond donors (Lipinski definition) is 2. The quantitative estimate of drug-likeness (QED) is 0.837. The van der Waals surface area contributed by atoms with Crippen molar-refractivity contribution in [2.24, 2.45) is 0 Å². The summed E-state index contributed by atoms with van der Waals surface area (Å²) in [6, 6.07) is 14.3. The van der Waals surface area contributed by atoms with Gasteiger partial charge in [-0.1, -0.05) is 29.8 Å². The molecule has 0 aromatic heterocycles. The molecule has 2 aromatic rings. The molecule has 5 heteroatoms. The van der Waals surface area contributed by atoms with Crippen molar-refractivity contribution in [1.82, 2.24) is 4.90 Å². The lowest BCUT2D eigenvalue weighted by atomic mass is 10.1. The fourth-order valence-corrected chi connectivity index (χ4v) is 2.19. The summed E-state index contributed by atoms with van der Waals surface area (Å²) >= 11 is 5.90. The van der Waals surface area contributed by atoms with Crippen molar-refractivity contribution in [3.05, 3.63) is 59.1 Å². The van der Waals surface area contributed by atoms with Gasteiger partial charge in [0.2, 0.25) is 0 Å². The number of nitrogens with two attached hydrogens (primary N) is 1. The first-order valence-corrected chi connectivity index (χ1v) is 7.00. The van der Waals surface area contributed by atoms with Gasteiger partial charge in [-0.25, -0.2) is 4.79 Å². The fourth-order valence-electron chi connectivity index (χ4n) is 2.00. The molecule has 0 aliphatic rings. The van der Waals surface area contributed by atoms with Crippen LogP contribution in [0.5, 0.6) is 0 Å². The van der Waals surface area contributed by atoms with Crippen LogP contribution in [0.15, 0.2) is 48.5 Å². The van der Waals surface area contributed by atoms with Crippen molar-refractivity contribution in [3.63, 3.8) is 0 Å². The second-order valence-electron chi connectivity index (χ2n) is 4.90. The minimum atomic E-state index is -0.202. The summed E-state index contributed by atoms with van der Waals surface area (Å²) < 4.78 is 0. The smallest absolute Gasteiger partial charge is 0.322 e. The number of hydrogen-bond acceptors (Lipinski definition) is 2. The SMILES string of the molecule is CC(c1cccc(N)c1)N(C)C(=O)Nc1cccc(Cl)c1. The molecule has 0 fully saturated rings. The van der Waals surface area contributed by atoms with Gasteiger partial charge in [0.05, 0.1) is 6.04 Å². The number of carbonyl (C=O) groups excluding carboxylic acids is 1. The zero-order valence-corrected chi connectivity index (χ0v) is 12.8. The van der Waals surface area contributed by atoms with Crippen molar-refractivity contribution < 1.29 is 4.79 Å². The molecular formula is C16H18ClN3O. The first-order chi connectivity index (χ1) is 9.97. The molecule has 2 aromatic carbocycles. The Balaban J connectivity index is 2.08. The normalized spacial score (nSPS) is 11.8. The highest BCUT2D eigenvalue weighted by Gasteiger charge is 2.17. The van der Waals surface area contributed by atoms with Gasteiger partial charge < -0.3 is 16.0 Å². The topological polar surface area (TPSA) is 58.4 Å². The standard InChI is InChI=1S/C16H18ClN3O/c1-11(12-5-3-7-14(18)9-12)20(2)16(21)19-15-8-4-6-13(17)10-15/h3-11H,18H2,1-2H3,(H,19,21). The van der Waals surface area contributed by atoms with Gasteiger partial charge in [0, 0.05) is 23.4 Å². The second kappa shape index (κ2) is 6.50. The third kappa shape index (κ3) is 3.89. The van der Waals surface area contributed by atoms with E-state index in [1.807, 2.05) is 31.2 Å². The Morgan fingerprint density at radius 1 is 1.24 bits per heavy atom. The van der Waals surface area contributed by atoms with Gasteiger partial charge in [-0.15, -0.1) is 0 Å². The van der Waals surface area contributed by atoms with Crippen LogP contribution in [0.4, 0.5) is 16.2 Å². The Morgan fingerprint density at radius 2 is 1.95 bits per heavy atom. The number of carbonyl (C=O) groups is 1. The number of nitrogens with one attached hydrogen (secondary N) is 1. The van der Waals surface area contributed by atoms with Crippen LogP contribution in [0.3, 0.4) is 0 Å². The van der Waals surface area contributed by atoms with Crippen LogP contribution in [0.1, 0.15) is 18.5 Å². The summed E-state index contributed by atoms with van der Waals surface area (Å²) in [5.74, 6) is 0. The summed E-state index contributed by atoms with van der Waals surface area (Å²) in [6.45, 7) is 1.95. The molecule has 0 bridgehead atoms. The highest BCUT2D eigenvalue weighted by atomic mass is 35.5. The molecule has 4 nitrogen and oxygen atoms in total. The number of rotatable bonds is 3. The predicted octanol–water partition coefficient (Wildman–Crippen LogP) is 4.15. The van der Waals surface area contributed by atoms with E-state index in [1.165, 1.54) is 0 Å². The molecule has 1 unspecified atom stereocenters. The molecular weight excluding hydrogens is 286 g/mol. The van der Waals surface area contributed by atoms with Crippen LogP contribution < -0.4 is 11.1 Å². The molecule has 0 radical (unpaired) electrons. The molecule has 0 aliphatic carbocycles. The highest BCUT2D eigenvalue weighted by molar-refractivity contribution is 6.30. The monoisotopic (exact) mass is 303 g/mol. The average molecular weight is 304 g/mol. The summed E-state index contributed by atoms with van der Waals surface area (Å²) in [4.78, 5) is 13.9. The number of anilines is 2. The number of benzene rings is 2. The highest BCUT2D eigenvalue weighted by Crippen LogP contribution is 2.22. The van der Waals surface area contributed by atoms with Gasteiger partial charge in [0.1, 0.15) is 0 Å². The number of urea groups is 1. The zero-order chi connectivity index (χ0) is 15.4. The van der Waals surface area contributed by atoms with Gasteiger partial charge in [0.15, 0.2) is 0 Å². The maximum Gasteiger partial charge on any atom is 0.322 e. The molecule has 21 heavy (non-hydrogen) atoms. The van der Waals surface area contributed by atoms with Crippen LogP contribution in [0.25, 0.3) is 0 Å². The zero-order valence-electron chi connectivity index (χ0n) is 12.0. The molecule has 110 valence electrons. The Labute approximate surface area is 129 Å². The molecule has 0 saturated heterocycles. The molecule has 0 spiro atoms. The summed E-state index contributed by atoms with van der Waals surface area (Å²) in [7, 11) is 1.74. The van der Waals surface area contributed by atoms with E-state index < -0.39 is 0 Å². The Morgan fingerprint density at radius 3 is 2.62 bits per heavy atom. The Hall–Kier alpha value is -2.20. The minimum absolute atomic E-state index is 0.0901. The van der Waals surface area contributed by atoms with E-state index in [0.717, 1.165) is 5.56 Å². The van der Waals surface area contributed by atoms with Crippen molar-refractivity contribution in [2.75, 3.05) is 18.1 Å². The Bertz CT molecular complexity index is 645. The molecule has 2 rings (SSSR count). The van der Waals surface area contributed by atoms with Crippen LogP contribution in [0, 0.1) is 0 Å². The summed E-state index contributed by atoms with van der Waals surface area (Å²) in [6.07, 6.45) is 0. The van der Waals surface area contributed by atoms with Gasteiger partial charge in [0.25, 0.3) is 0 Å². The third-order valence-corrected chi connectivity index (χ3v) is 3.61. The summed E-state index contributed by atoms with van der Waals surface area (Å²) in [5, 5.41) is 3.40. The molecule has 2 amide bonds. The number of nitrogen functional groups attached to an aromatic ring is 1. The van der Waals surface area contributed by atoms with Crippen LogP contribution >= 0.6 is 11.6 Å². The lowest BCUT2D eigenvalue weighted by Crippen LogP contribution is -2.33. The van der Waals surface area contributed by atoms with Crippen LogP contribution in [-0.4, -0.2) is 18.0 Å². The maximum absolute atomic E-state index is 12.3. The van der Waals surface area contributed by atoms with Crippen molar-refractivity contribution in [1.29, 1.82) is 0 Å². The number of nitrogens with zero attached hydrogens (tertiary/aromatic N) is 1. The number of halogens is 1. The first-order valence-electron chi connectivity index (χ1n) is 6.62. The van der Waals surface area contributed by atoms with E-state index in [2.05, 4.69) is 5.32 Å². The second-order valence-corrected chi connectivity index (χ2v) is 5.33. The average Bonchev–Trinajstić information content (AvgIpc) is 2.45. The van der Waals surface area contributed by atoms with E-state index in [9.17, 15) is 4.79 Å². The Kier molecular flexibility index (Phi) is 4.70. The van der Waals surface area contributed by atoms with E-state index in [4.69, 9.17) is 17.3 Å². The van der Waals surface area contributed by atoms with Crippen LogP contribution in [0.2, 0.25) is 5.02 Å². The fraction of sp³-hybridized carbons (Fsp3) is 0.188. The van der Waals surface area contributed by atoms with E-state index in [0.29, 0.717) is 16.4 Å². The minimum Gasteiger partial charge on any atom is -0.399 e. The molecule has 0 aliphatic heterocycles.